The maximum Gasteiger partial charge on any atom is 0.482 e. The van der Waals surface area contributed by atoms with Crippen LogP contribution in [0.1, 0.15) is 0 Å². The van der Waals surface area contributed by atoms with E-state index in [1.807, 2.05) is 60.7 Å². The standard InChI is InChI=1S/C19H15F3NS/c20-19(21,22)23-15-11-13-18(14-12-15)24(16-7-3-1-4-8-16)17-9-5-2-6-10-17/h1-14,23H/q+1. The van der Waals surface area contributed by atoms with Crippen LogP contribution in [0.2, 0.25) is 0 Å². The summed E-state index contributed by atoms with van der Waals surface area (Å²) in [7, 11) is -0.355. The van der Waals surface area contributed by atoms with Gasteiger partial charge in [-0.3, -0.25) is 5.32 Å². The van der Waals surface area contributed by atoms with Crippen molar-refractivity contribution in [2.45, 2.75) is 21.0 Å². The van der Waals surface area contributed by atoms with Gasteiger partial charge in [0.25, 0.3) is 0 Å². The lowest BCUT2D eigenvalue weighted by atomic mass is 10.3. The second kappa shape index (κ2) is 7.01. The Morgan fingerprint density at radius 3 is 1.42 bits per heavy atom. The number of halogens is 3. The highest BCUT2D eigenvalue weighted by Gasteiger charge is 2.30. The monoisotopic (exact) mass is 346 g/mol. The summed E-state index contributed by atoms with van der Waals surface area (Å²) in [6.45, 7) is 0. The Kier molecular flexibility index (Phi) is 4.81. The molecule has 0 unspecified atom stereocenters. The smallest absolute Gasteiger partial charge is 0.298 e. The fourth-order valence-electron chi connectivity index (χ4n) is 2.36. The van der Waals surface area contributed by atoms with Crippen LogP contribution in [-0.4, -0.2) is 6.30 Å². The summed E-state index contributed by atoms with van der Waals surface area (Å²) in [5, 5.41) is 1.53. The normalized spacial score (nSPS) is 11.5. The zero-order valence-corrected chi connectivity index (χ0v) is 13.4. The van der Waals surface area contributed by atoms with E-state index in [4.69, 9.17) is 0 Å². The van der Waals surface area contributed by atoms with E-state index < -0.39 is 6.30 Å². The van der Waals surface area contributed by atoms with Crippen molar-refractivity contribution in [1.29, 1.82) is 0 Å². The molecule has 0 spiro atoms. The van der Waals surface area contributed by atoms with Crippen LogP contribution in [0.3, 0.4) is 0 Å². The Balaban J connectivity index is 1.98. The minimum Gasteiger partial charge on any atom is -0.298 e. The molecule has 0 saturated heterocycles. The molecular formula is C19H15F3NS+. The lowest BCUT2D eigenvalue weighted by Crippen LogP contribution is -2.20. The molecule has 0 fully saturated rings. The van der Waals surface area contributed by atoms with Crippen molar-refractivity contribution >= 4 is 16.6 Å². The first-order valence-electron chi connectivity index (χ1n) is 7.32. The fraction of sp³-hybridized carbons (Fsp3) is 0.0526. The minimum atomic E-state index is -4.43. The third-order valence-electron chi connectivity index (χ3n) is 3.33. The lowest BCUT2D eigenvalue weighted by molar-refractivity contribution is -0.0999. The number of alkyl halides is 3. The van der Waals surface area contributed by atoms with Gasteiger partial charge in [0.15, 0.2) is 14.7 Å². The molecule has 3 aromatic carbocycles. The van der Waals surface area contributed by atoms with Gasteiger partial charge < -0.3 is 0 Å². The van der Waals surface area contributed by atoms with Crippen LogP contribution in [0.15, 0.2) is 99.6 Å². The molecule has 1 N–H and O–H groups in total. The molecule has 0 saturated carbocycles. The average Bonchev–Trinajstić information content (AvgIpc) is 2.57. The van der Waals surface area contributed by atoms with Crippen molar-refractivity contribution in [2.24, 2.45) is 0 Å². The molecule has 122 valence electrons. The first-order chi connectivity index (χ1) is 11.5. The number of hydrogen-bond acceptors (Lipinski definition) is 1. The Hall–Kier alpha value is -2.40. The molecule has 0 aromatic heterocycles. The third kappa shape index (κ3) is 4.11. The molecule has 0 aliphatic heterocycles. The number of benzene rings is 3. The molecule has 3 rings (SSSR count). The summed E-state index contributed by atoms with van der Waals surface area (Å²) in [5.74, 6) is 0. The first kappa shape index (κ1) is 16.5. The van der Waals surface area contributed by atoms with E-state index in [0.29, 0.717) is 0 Å². The second-order valence-electron chi connectivity index (χ2n) is 5.08. The highest BCUT2D eigenvalue weighted by molar-refractivity contribution is 7.97. The van der Waals surface area contributed by atoms with Gasteiger partial charge in [-0.1, -0.05) is 36.4 Å². The van der Waals surface area contributed by atoms with Crippen molar-refractivity contribution < 1.29 is 13.2 Å². The quantitative estimate of drug-likeness (QED) is 0.471. The molecule has 3 aromatic rings. The summed E-state index contributed by atoms with van der Waals surface area (Å²) < 4.78 is 37.3. The van der Waals surface area contributed by atoms with Gasteiger partial charge in [0, 0.05) is 5.69 Å². The van der Waals surface area contributed by atoms with Crippen LogP contribution in [-0.2, 0) is 10.9 Å². The molecule has 0 aliphatic rings. The van der Waals surface area contributed by atoms with E-state index >= 15 is 0 Å². The van der Waals surface area contributed by atoms with Crippen molar-refractivity contribution in [3.05, 3.63) is 84.9 Å². The maximum atomic E-state index is 12.4. The van der Waals surface area contributed by atoms with Crippen LogP contribution < -0.4 is 5.32 Å². The predicted octanol–water partition coefficient (Wildman–Crippen LogP) is 5.71. The summed E-state index contributed by atoms with van der Waals surface area (Å²) in [5.41, 5.74) is 0.0379. The van der Waals surface area contributed by atoms with Crippen LogP contribution in [0.5, 0.6) is 0 Å². The number of nitrogens with one attached hydrogen (secondary N) is 1. The van der Waals surface area contributed by atoms with Gasteiger partial charge >= 0.3 is 6.30 Å². The fourth-order valence-corrected chi connectivity index (χ4v) is 4.44. The number of rotatable bonds is 4. The lowest BCUT2D eigenvalue weighted by Gasteiger charge is -2.11. The van der Waals surface area contributed by atoms with Crippen molar-refractivity contribution in [1.82, 2.24) is 0 Å². The highest BCUT2D eigenvalue weighted by atomic mass is 32.2. The van der Waals surface area contributed by atoms with Crippen molar-refractivity contribution in [3.63, 3.8) is 0 Å². The maximum absolute atomic E-state index is 12.4. The molecule has 5 heteroatoms. The van der Waals surface area contributed by atoms with Gasteiger partial charge in [0.2, 0.25) is 0 Å². The van der Waals surface area contributed by atoms with Gasteiger partial charge in [-0.05, 0) is 48.5 Å². The molecule has 0 aliphatic carbocycles. The van der Waals surface area contributed by atoms with Gasteiger partial charge in [-0.25, -0.2) is 0 Å². The predicted molar refractivity (Wildman–Crippen MR) is 91.2 cm³/mol. The molecule has 0 heterocycles. The zero-order chi connectivity index (χ0) is 17.0. The van der Waals surface area contributed by atoms with Crippen molar-refractivity contribution in [3.8, 4) is 0 Å². The van der Waals surface area contributed by atoms with Gasteiger partial charge in [0.05, 0.1) is 10.9 Å². The van der Waals surface area contributed by atoms with E-state index in [2.05, 4.69) is 0 Å². The Morgan fingerprint density at radius 1 is 0.583 bits per heavy atom. The topological polar surface area (TPSA) is 12.0 Å². The van der Waals surface area contributed by atoms with Crippen LogP contribution in [0, 0.1) is 0 Å². The van der Waals surface area contributed by atoms with E-state index in [1.165, 1.54) is 17.4 Å². The summed E-state index contributed by atoms with van der Waals surface area (Å²) in [6, 6.07) is 26.4. The Morgan fingerprint density at radius 2 is 1.00 bits per heavy atom. The van der Waals surface area contributed by atoms with Crippen LogP contribution in [0.25, 0.3) is 0 Å². The molecule has 1 nitrogen and oxygen atoms in total. The van der Waals surface area contributed by atoms with Gasteiger partial charge in [-0.15, -0.1) is 0 Å². The van der Waals surface area contributed by atoms with E-state index in [0.717, 1.165) is 14.7 Å². The van der Waals surface area contributed by atoms with E-state index in [9.17, 15) is 13.2 Å². The van der Waals surface area contributed by atoms with Crippen LogP contribution in [0.4, 0.5) is 18.9 Å². The minimum absolute atomic E-state index is 0.0379. The summed E-state index contributed by atoms with van der Waals surface area (Å²) in [4.78, 5) is 3.22. The zero-order valence-electron chi connectivity index (χ0n) is 12.6. The number of hydrogen-bond donors (Lipinski definition) is 1. The van der Waals surface area contributed by atoms with E-state index in [1.54, 1.807) is 12.1 Å². The molecule has 0 atom stereocenters. The molecule has 24 heavy (non-hydrogen) atoms. The molecule has 0 radical (unpaired) electrons. The molecule has 0 amide bonds. The van der Waals surface area contributed by atoms with E-state index in [-0.39, 0.29) is 16.6 Å². The van der Waals surface area contributed by atoms with Gasteiger partial charge in [0.1, 0.15) is 0 Å². The largest absolute Gasteiger partial charge is 0.482 e. The SMILES string of the molecule is FC(F)(F)Nc1ccc([S+](c2ccccc2)c2ccccc2)cc1. The van der Waals surface area contributed by atoms with Crippen LogP contribution >= 0.6 is 0 Å². The first-order valence-corrected chi connectivity index (χ1v) is 8.55. The third-order valence-corrected chi connectivity index (χ3v) is 5.56. The molecular weight excluding hydrogens is 331 g/mol. The average molecular weight is 346 g/mol. The van der Waals surface area contributed by atoms with Gasteiger partial charge in [-0.2, -0.15) is 13.2 Å². The summed E-state index contributed by atoms with van der Waals surface area (Å²) >= 11 is 0. The Labute approximate surface area is 141 Å². The Bertz CT molecular complexity index is 732. The number of anilines is 1. The molecule has 0 bridgehead atoms. The second-order valence-corrected chi connectivity index (χ2v) is 7.11. The van der Waals surface area contributed by atoms with Crippen molar-refractivity contribution in [2.75, 3.05) is 5.32 Å². The highest BCUT2D eigenvalue weighted by Crippen LogP contribution is 2.32. The summed E-state index contributed by atoms with van der Waals surface area (Å²) in [6.07, 6.45) is -4.43.